The highest BCUT2D eigenvalue weighted by atomic mass is 16.3. The molecule has 0 aliphatic carbocycles. The topological polar surface area (TPSA) is 62.1 Å². The Kier molecular flexibility index (Phi) is 4.58. The Morgan fingerprint density at radius 3 is 2.57 bits per heavy atom. The van der Waals surface area contributed by atoms with Gasteiger partial charge in [0.15, 0.2) is 0 Å². The third-order valence-corrected chi connectivity index (χ3v) is 6.02. The number of fused-ring (bicyclic) bond motifs is 1. The van der Waals surface area contributed by atoms with Crippen molar-refractivity contribution in [3.05, 3.63) is 77.7 Å². The predicted molar refractivity (Wildman–Crippen MR) is 120 cm³/mol. The van der Waals surface area contributed by atoms with Gasteiger partial charge >= 0.3 is 0 Å². The van der Waals surface area contributed by atoms with Crippen molar-refractivity contribution in [3.8, 4) is 16.9 Å². The number of rotatable bonds is 3. The number of phenols is 1. The van der Waals surface area contributed by atoms with Gasteiger partial charge in [0, 0.05) is 31.4 Å². The van der Waals surface area contributed by atoms with Crippen molar-refractivity contribution in [2.45, 2.75) is 26.2 Å². The minimum absolute atomic E-state index is 0.360. The zero-order chi connectivity index (χ0) is 20.7. The van der Waals surface area contributed by atoms with Gasteiger partial charge in [0.05, 0.1) is 17.2 Å². The van der Waals surface area contributed by atoms with Crippen LogP contribution in [0.15, 0.2) is 61.1 Å². The van der Waals surface area contributed by atoms with Gasteiger partial charge in [-0.05, 0) is 78.4 Å². The first-order valence-corrected chi connectivity index (χ1v) is 10.3. The van der Waals surface area contributed by atoms with Crippen LogP contribution in [-0.2, 0) is 0 Å². The summed E-state index contributed by atoms with van der Waals surface area (Å²) in [6.45, 7) is 5.76. The Balaban J connectivity index is 1.46. The number of aromatic hydroxyl groups is 1. The smallest absolute Gasteiger partial charge is 0.147 e. The third kappa shape index (κ3) is 3.36. The second-order valence-electron chi connectivity index (χ2n) is 8.11. The van der Waals surface area contributed by atoms with E-state index in [9.17, 15) is 5.11 Å². The first kappa shape index (κ1) is 18.6. The van der Waals surface area contributed by atoms with E-state index in [-0.39, 0.29) is 0 Å². The van der Waals surface area contributed by atoms with Crippen molar-refractivity contribution < 1.29 is 5.11 Å². The SMILES string of the molecule is Cc1cc(-c2ccc3ncc(N4CCC(c5cccnc5)C4)nc3c2)cc(C)c1O. The lowest BCUT2D eigenvalue weighted by molar-refractivity contribution is 0.467. The van der Waals surface area contributed by atoms with Crippen LogP contribution in [0.4, 0.5) is 5.82 Å². The van der Waals surface area contributed by atoms with Gasteiger partial charge in [-0.25, -0.2) is 4.98 Å². The number of benzene rings is 2. The van der Waals surface area contributed by atoms with E-state index >= 15 is 0 Å². The highest BCUT2D eigenvalue weighted by Gasteiger charge is 2.25. The molecule has 2 aromatic heterocycles. The van der Waals surface area contributed by atoms with Crippen LogP contribution in [0.25, 0.3) is 22.2 Å². The number of aryl methyl sites for hydroxylation is 2. The number of phenolic OH excluding ortho intramolecular Hbond substituents is 1. The molecule has 0 bridgehead atoms. The maximum absolute atomic E-state index is 10.1. The van der Waals surface area contributed by atoms with Crippen LogP contribution in [0.3, 0.4) is 0 Å². The van der Waals surface area contributed by atoms with E-state index in [1.54, 1.807) is 0 Å². The molecular weight excluding hydrogens is 372 g/mol. The highest BCUT2D eigenvalue weighted by Crippen LogP contribution is 2.32. The Bertz CT molecular complexity index is 1200. The average Bonchev–Trinajstić information content (AvgIpc) is 3.27. The molecule has 3 heterocycles. The summed E-state index contributed by atoms with van der Waals surface area (Å²) >= 11 is 0. The fourth-order valence-electron chi connectivity index (χ4n) is 4.31. The molecule has 5 nitrogen and oxygen atoms in total. The molecule has 1 aliphatic rings. The molecule has 5 heteroatoms. The predicted octanol–water partition coefficient (Wildman–Crippen LogP) is 5.01. The molecule has 4 aromatic rings. The summed E-state index contributed by atoms with van der Waals surface area (Å²) < 4.78 is 0. The summed E-state index contributed by atoms with van der Waals surface area (Å²) in [6.07, 6.45) is 6.76. The quantitative estimate of drug-likeness (QED) is 0.527. The second-order valence-corrected chi connectivity index (χ2v) is 8.11. The van der Waals surface area contributed by atoms with E-state index < -0.39 is 0 Å². The van der Waals surface area contributed by atoms with Crippen molar-refractivity contribution in [1.82, 2.24) is 15.0 Å². The van der Waals surface area contributed by atoms with Crippen LogP contribution in [0.5, 0.6) is 5.75 Å². The zero-order valence-corrected chi connectivity index (χ0v) is 17.2. The van der Waals surface area contributed by atoms with Gasteiger partial charge < -0.3 is 10.0 Å². The average molecular weight is 396 g/mol. The van der Waals surface area contributed by atoms with Gasteiger partial charge in [-0.15, -0.1) is 0 Å². The van der Waals surface area contributed by atoms with E-state index in [1.165, 1.54) is 5.56 Å². The summed E-state index contributed by atoms with van der Waals surface area (Å²) in [4.78, 5) is 16.2. The molecule has 1 fully saturated rings. The lowest BCUT2D eigenvalue weighted by atomic mass is 9.99. The van der Waals surface area contributed by atoms with E-state index in [2.05, 4.69) is 33.1 Å². The van der Waals surface area contributed by atoms with Crippen LogP contribution < -0.4 is 4.90 Å². The molecule has 5 rings (SSSR count). The Morgan fingerprint density at radius 2 is 1.80 bits per heavy atom. The number of nitrogens with zero attached hydrogens (tertiary/aromatic N) is 4. The Labute approximate surface area is 176 Å². The van der Waals surface area contributed by atoms with Gasteiger partial charge in [0.25, 0.3) is 0 Å². The molecule has 1 atom stereocenters. The van der Waals surface area contributed by atoms with E-state index in [4.69, 9.17) is 4.98 Å². The van der Waals surface area contributed by atoms with Crippen LogP contribution in [0, 0.1) is 13.8 Å². The van der Waals surface area contributed by atoms with Gasteiger partial charge in [0.1, 0.15) is 11.6 Å². The molecule has 0 amide bonds. The standard InChI is InChI=1S/C25H24N4O/c1-16-10-21(11-17(2)25(16)30)18-5-6-22-23(12-18)28-24(14-27-22)29-9-7-20(15-29)19-4-3-8-26-13-19/h3-6,8,10-14,20,30H,7,9,15H2,1-2H3. The number of pyridine rings is 1. The van der Waals surface area contributed by atoms with E-state index in [1.807, 2.05) is 56.7 Å². The number of aromatic nitrogens is 3. The fraction of sp³-hybridized carbons (Fsp3) is 0.240. The lowest BCUT2D eigenvalue weighted by Gasteiger charge is -2.18. The van der Waals surface area contributed by atoms with Crippen molar-refractivity contribution in [1.29, 1.82) is 0 Å². The van der Waals surface area contributed by atoms with Gasteiger partial charge in [-0.1, -0.05) is 12.1 Å². The number of anilines is 1. The largest absolute Gasteiger partial charge is 0.507 e. The zero-order valence-electron chi connectivity index (χ0n) is 17.2. The fourth-order valence-corrected chi connectivity index (χ4v) is 4.31. The summed E-state index contributed by atoms with van der Waals surface area (Å²) in [7, 11) is 0. The molecule has 2 aromatic carbocycles. The molecule has 0 radical (unpaired) electrons. The molecule has 1 N–H and O–H groups in total. The molecule has 0 saturated carbocycles. The molecule has 1 saturated heterocycles. The van der Waals surface area contributed by atoms with E-state index in [0.29, 0.717) is 11.7 Å². The third-order valence-electron chi connectivity index (χ3n) is 6.02. The van der Waals surface area contributed by atoms with Gasteiger partial charge in [0.2, 0.25) is 0 Å². The van der Waals surface area contributed by atoms with Crippen LogP contribution >= 0.6 is 0 Å². The van der Waals surface area contributed by atoms with Gasteiger partial charge in [-0.3, -0.25) is 9.97 Å². The summed E-state index contributed by atoms with van der Waals surface area (Å²) in [5, 5.41) is 10.1. The minimum Gasteiger partial charge on any atom is -0.507 e. The van der Waals surface area contributed by atoms with E-state index in [0.717, 1.165) is 58.6 Å². The molecule has 0 spiro atoms. The minimum atomic E-state index is 0.360. The first-order chi connectivity index (χ1) is 14.6. The summed E-state index contributed by atoms with van der Waals surface area (Å²) in [5.41, 5.74) is 6.97. The van der Waals surface area contributed by atoms with Crippen molar-refractivity contribution in [3.63, 3.8) is 0 Å². The molecule has 150 valence electrons. The first-order valence-electron chi connectivity index (χ1n) is 10.3. The Hall–Kier alpha value is -3.47. The molecular formula is C25H24N4O. The van der Waals surface area contributed by atoms with Crippen LogP contribution in [0.1, 0.15) is 29.0 Å². The summed E-state index contributed by atoms with van der Waals surface area (Å²) in [5.74, 6) is 1.76. The van der Waals surface area contributed by atoms with Crippen molar-refractivity contribution in [2.24, 2.45) is 0 Å². The number of hydrogen-bond donors (Lipinski definition) is 1. The molecule has 30 heavy (non-hydrogen) atoms. The second kappa shape index (κ2) is 7.41. The normalized spacial score (nSPS) is 16.3. The maximum atomic E-state index is 10.1. The van der Waals surface area contributed by atoms with Gasteiger partial charge in [-0.2, -0.15) is 0 Å². The molecule has 1 unspecified atom stereocenters. The van der Waals surface area contributed by atoms with Crippen LogP contribution in [-0.4, -0.2) is 33.1 Å². The highest BCUT2D eigenvalue weighted by molar-refractivity contribution is 5.82. The summed E-state index contributed by atoms with van der Waals surface area (Å²) in [6, 6.07) is 14.4. The lowest BCUT2D eigenvalue weighted by Crippen LogP contribution is -2.20. The molecule has 1 aliphatic heterocycles. The van der Waals surface area contributed by atoms with Crippen molar-refractivity contribution in [2.75, 3.05) is 18.0 Å². The van der Waals surface area contributed by atoms with Crippen molar-refractivity contribution >= 4 is 16.9 Å². The monoisotopic (exact) mass is 396 g/mol. The van der Waals surface area contributed by atoms with Crippen LogP contribution in [0.2, 0.25) is 0 Å². The number of hydrogen-bond acceptors (Lipinski definition) is 5. The maximum Gasteiger partial charge on any atom is 0.147 e. The Morgan fingerprint density at radius 1 is 0.967 bits per heavy atom.